The number of benzene rings is 1. The second-order valence-corrected chi connectivity index (χ2v) is 6.09. The summed E-state index contributed by atoms with van der Waals surface area (Å²) in [4.78, 5) is 3.80. The van der Waals surface area contributed by atoms with Crippen LogP contribution in [0.5, 0.6) is 0 Å². The molecule has 1 aliphatic rings. The molecule has 1 heterocycles. The lowest BCUT2D eigenvalue weighted by Crippen LogP contribution is -2.51. The van der Waals surface area contributed by atoms with Gasteiger partial charge in [0, 0.05) is 31.5 Å². The molecule has 0 aliphatic carbocycles. The van der Waals surface area contributed by atoms with Gasteiger partial charge >= 0.3 is 0 Å². The van der Waals surface area contributed by atoms with E-state index in [1.165, 1.54) is 24.2 Å². The average Bonchev–Trinajstić information content (AvgIpc) is 2.42. The summed E-state index contributed by atoms with van der Waals surface area (Å²) in [5.41, 5.74) is 0. The lowest BCUT2D eigenvalue weighted by atomic mass is 10.1. The minimum Gasteiger partial charge on any atom is -0.354 e. The van der Waals surface area contributed by atoms with Gasteiger partial charge in [0.2, 0.25) is 0 Å². The SMILES string of the molecule is CCCN1CCCCC1(OC)Sc1ccccc1. The Morgan fingerprint density at radius 3 is 2.72 bits per heavy atom. The molecular weight excluding hydrogens is 242 g/mol. The Balaban J connectivity index is 2.16. The highest BCUT2D eigenvalue weighted by molar-refractivity contribution is 8.00. The zero-order valence-corrected chi connectivity index (χ0v) is 12.2. The van der Waals surface area contributed by atoms with Crippen molar-refractivity contribution in [1.82, 2.24) is 4.90 Å². The molecule has 1 aliphatic heterocycles. The highest BCUT2D eigenvalue weighted by atomic mass is 32.2. The Morgan fingerprint density at radius 2 is 2.06 bits per heavy atom. The number of nitrogens with zero attached hydrogens (tertiary/aromatic N) is 1. The lowest BCUT2D eigenvalue weighted by Gasteiger charge is -2.45. The van der Waals surface area contributed by atoms with Gasteiger partial charge < -0.3 is 4.74 Å². The van der Waals surface area contributed by atoms with Crippen LogP contribution >= 0.6 is 11.8 Å². The van der Waals surface area contributed by atoms with Crippen molar-refractivity contribution >= 4 is 11.8 Å². The summed E-state index contributed by atoms with van der Waals surface area (Å²) in [6, 6.07) is 10.6. The van der Waals surface area contributed by atoms with Gasteiger partial charge in [0.1, 0.15) is 0 Å². The van der Waals surface area contributed by atoms with E-state index in [9.17, 15) is 0 Å². The van der Waals surface area contributed by atoms with E-state index in [0.29, 0.717) is 0 Å². The fraction of sp³-hybridized carbons (Fsp3) is 0.600. The molecule has 0 radical (unpaired) electrons. The topological polar surface area (TPSA) is 12.5 Å². The standard InChI is InChI=1S/C15H23NOS/c1-3-12-16-13-8-7-11-15(16,17-2)18-14-9-5-4-6-10-14/h4-6,9-10H,3,7-8,11-13H2,1-2H3. The molecule has 0 aromatic heterocycles. The van der Waals surface area contributed by atoms with Crippen molar-refractivity contribution in [3.8, 4) is 0 Å². The first-order chi connectivity index (χ1) is 8.80. The summed E-state index contributed by atoms with van der Waals surface area (Å²) in [7, 11) is 1.85. The van der Waals surface area contributed by atoms with Gasteiger partial charge in [-0.15, -0.1) is 0 Å². The van der Waals surface area contributed by atoms with E-state index in [4.69, 9.17) is 4.74 Å². The minimum atomic E-state index is -0.157. The molecule has 1 aromatic rings. The minimum absolute atomic E-state index is 0.157. The molecule has 0 amide bonds. The van der Waals surface area contributed by atoms with Crippen LogP contribution < -0.4 is 0 Å². The van der Waals surface area contributed by atoms with Crippen molar-refractivity contribution in [3.63, 3.8) is 0 Å². The molecule has 3 heteroatoms. The molecule has 18 heavy (non-hydrogen) atoms. The van der Waals surface area contributed by atoms with Crippen molar-refractivity contribution in [2.45, 2.75) is 42.6 Å². The van der Waals surface area contributed by atoms with Crippen LogP contribution in [-0.2, 0) is 4.74 Å². The van der Waals surface area contributed by atoms with E-state index in [-0.39, 0.29) is 5.06 Å². The van der Waals surface area contributed by atoms with E-state index >= 15 is 0 Å². The first-order valence-electron chi connectivity index (χ1n) is 6.85. The molecule has 0 spiro atoms. The maximum Gasteiger partial charge on any atom is 0.173 e. The Kier molecular flexibility index (Phi) is 5.10. The van der Waals surface area contributed by atoms with Crippen molar-refractivity contribution in [1.29, 1.82) is 0 Å². The largest absolute Gasteiger partial charge is 0.354 e. The van der Waals surface area contributed by atoms with Gasteiger partial charge in [-0.2, -0.15) is 0 Å². The van der Waals surface area contributed by atoms with E-state index in [2.05, 4.69) is 42.2 Å². The zero-order chi connectivity index (χ0) is 12.8. The summed E-state index contributed by atoms with van der Waals surface area (Å²) in [5.74, 6) is 0. The van der Waals surface area contributed by atoms with Crippen LogP contribution in [0.1, 0.15) is 32.6 Å². The van der Waals surface area contributed by atoms with Crippen LogP contribution in [0.3, 0.4) is 0 Å². The average molecular weight is 265 g/mol. The summed E-state index contributed by atoms with van der Waals surface area (Å²) >= 11 is 1.86. The molecular formula is C15H23NOS. The lowest BCUT2D eigenvalue weighted by molar-refractivity contribution is -0.0851. The number of hydrogen-bond donors (Lipinski definition) is 0. The summed E-state index contributed by atoms with van der Waals surface area (Å²) in [6.45, 7) is 4.51. The van der Waals surface area contributed by atoms with E-state index < -0.39 is 0 Å². The first kappa shape index (κ1) is 13.9. The Hall–Kier alpha value is -0.510. The third-order valence-corrected chi connectivity index (χ3v) is 4.94. The fourth-order valence-electron chi connectivity index (χ4n) is 2.59. The highest BCUT2D eigenvalue weighted by Crippen LogP contribution is 2.42. The number of thioether (sulfide) groups is 1. The van der Waals surface area contributed by atoms with Crippen molar-refractivity contribution < 1.29 is 4.74 Å². The number of piperidine rings is 1. The number of hydrogen-bond acceptors (Lipinski definition) is 3. The van der Waals surface area contributed by atoms with Gasteiger partial charge in [0.15, 0.2) is 5.06 Å². The number of likely N-dealkylation sites (tertiary alicyclic amines) is 1. The van der Waals surface area contributed by atoms with Crippen LogP contribution in [0.15, 0.2) is 35.2 Å². The van der Waals surface area contributed by atoms with E-state index in [1.807, 2.05) is 18.9 Å². The molecule has 0 saturated carbocycles. The predicted molar refractivity (Wildman–Crippen MR) is 77.8 cm³/mol. The van der Waals surface area contributed by atoms with Crippen LogP contribution in [0.25, 0.3) is 0 Å². The maximum absolute atomic E-state index is 5.94. The maximum atomic E-state index is 5.94. The van der Waals surface area contributed by atoms with Crippen LogP contribution in [0, 0.1) is 0 Å². The Morgan fingerprint density at radius 1 is 1.28 bits per heavy atom. The van der Waals surface area contributed by atoms with Crippen LogP contribution in [-0.4, -0.2) is 30.2 Å². The third-order valence-electron chi connectivity index (χ3n) is 3.49. The van der Waals surface area contributed by atoms with Gasteiger partial charge in [-0.05, 0) is 31.4 Å². The first-order valence-corrected chi connectivity index (χ1v) is 7.66. The molecule has 1 saturated heterocycles. The number of ether oxygens (including phenoxy) is 1. The highest BCUT2D eigenvalue weighted by Gasteiger charge is 2.39. The van der Waals surface area contributed by atoms with Gasteiger partial charge in [-0.1, -0.05) is 36.9 Å². The molecule has 0 bridgehead atoms. The van der Waals surface area contributed by atoms with Gasteiger partial charge in [-0.25, -0.2) is 0 Å². The summed E-state index contributed by atoms with van der Waals surface area (Å²) < 4.78 is 5.94. The smallest absolute Gasteiger partial charge is 0.173 e. The second-order valence-electron chi connectivity index (χ2n) is 4.78. The molecule has 1 aromatic carbocycles. The van der Waals surface area contributed by atoms with Gasteiger partial charge in [-0.3, -0.25) is 4.90 Å². The molecule has 2 rings (SSSR count). The monoisotopic (exact) mass is 265 g/mol. The molecule has 1 atom stereocenters. The van der Waals surface area contributed by atoms with E-state index in [0.717, 1.165) is 19.5 Å². The Labute approximate surface area is 115 Å². The second kappa shape index (κ2) is 6.60. The van der Waals surface area contributed by atoms with Gasteiger partial charge in [0.25, 0.3) is 0 Å². The Bertz CT molecular complexity index is 355. The molecule has 1 fully saturated rings. The van der Waals surface area contributed by atoms with E-state index in [1.54, 1.807) is 0 Å². The zero-order valence-electron chi connectivity index (χ0n) is 11.4. The van der Waals surface area contributed by atoms with Crippen molar-refractivity contribution in [2.24, 2.45) is 0 Å². The third kappa shape index (κ3) is 3.08. The van der Waals surface area contributed by atoms with Crippen molar-refractivity contribution in [2.75, 3.05) is 20.2 Å². The molecule has 2 nitrogen and oxygen atoms in total. The summed E-state index contributed by atoms with van der Waals surface area (Å²) in [5, 5.41) is -0.157. The number of rotatable bonds is 5. The normalized spacial score (nSPS) is 25.2. The molecule has 0 N–H and O–H groups in total. The molecule has 100 valence electrons. The van der Waals surface area contributed by atoms with Crippen molar-refractivity contribution in [3.05, 3.63) is 30.3 Å². The fourth-order valence-corrected chi connectivity index (χ4v) is 3.90. The quantitative estimate of drug-likeness (QED) is 0.747. The summed E-state index contributed by atoms with van der Waals surface area (Å²) in [6.07, 6.45) is 4.85. The van der Waals surface area contributed by atoms with Crippen LogP contribution in [0.2, 0.25) is 0 Å². The van der Waals surface area contributed by atoms with Crippen LogP contribution in [0.4, 0.5) is 0 Å². The molecule has 1 unspecified atom stereocenters. The predicted octanol–water partition coefficient (Wildman–Crippen LogP) is 3.97. The number of methoxy groups -OCH3 is 1. The van der Waals surface area contributed by atoms with Gasteiger partial charge in [0.05, 0.1) is 0 Å².